The van der Waals surface area contributed by atoms with Crippen molar-refractivity contribution in [1.29, 1.82) is 0 Å². The zero-order valence-electron chi connectivity index (χ0n) is 10.9. The van der Waals surface area contributed by atoms with E-state index in [4.69, 9.17) is 0 Å². The van der Waals surface area contributed by atoms with Gasteiger partial charge in [-0.1, -0.05) is 6.92 Å². The van der Waals surface area contributed by atoms with E-state index in [-0.39, 0.29) is 5.91 Å². The molecule has 1 N–H and O–H groups in total. The van der Waals surface area contributed by atoms with Gasteiger partial charge >= 0.3 is 0 Å². The highest BCUT2D eigenvalue weighted by Gasteiger charge is 2.10. The normalized spacial score (nSPS) is 10.6. The molecule has 2 heterocycles. The molecule has 4 nitrogen and oxygen atoms in total. The molecule has 2 rings (SSSR count). The van der Waals surface area contributed by atoms with Crippen LogP contribution >= 0.6 is 11.3 Å². The van der Waals surface area contributed by atoms with Gasteiger partial charge in [-0.2, -0.15) is 0 Å². The van der Waals surface area contributed by atoms with Gasteiger partial charge in [-0.25, -0.2) is 4.98 Å². The van der Waals surface area contributed by atoms with Crippen molar-refractivity contribution < 1.29 is 4.79 Å². The van der Waals surface area contributed by atoms with E-state index in [1.165, 1.54) is 0 Å². The zero-order valence-corrected chi connectivity index (χ0v) is 11.7. The Labute approximate surface area is 111 Å². The lowest BCUT2D eigenvalue weighted by molar-refractivity contribution is 0.0942. The van der Waals surface area contributed by atoms with Gasteiger partial charge in [0.05, 0.1) is 17.2 Å². The molecule has 1 amide bonds. The van der Waals surface area contributed by atoms with Crippen LogP contribution in [0.15, 0.2) is 17.5 Å². The molecule has 0 fully saturated rings. The molecule has 0 unspecified atom stereocenters. The predicted octanol–water partition coefficient (Wildman–Crippen LogP) is 2.28. The Bertz CT molecular complexity index is 556. The fourth-order valence-corrected chi connectivity index (χ4v) is 2.44. The number of hydrogen-bond acceptors (Lipinski definition) is 3. The average molecular weight is 263 g/mol. The second-order valence-corrected chi connectivity index (χ2v) is 5.13. The second kappa shape index (κ2) is 5.35. The molecule has 0 aliphatic rings. The molecule has 0 aliphatic heterocycles. The maximum Gasteiger partial charge on any atom is 0.268 e. The third-order valence-corrected chi connectivity index (χ3v) is 3.98. The minimum Gasteiger partial charge on any atom is -0.345 e. The van der Waals surface area contributed by atoms with E-state index >= 15 is 0 Å². The van der Waals surface area contributed by atoms with Crippen molar-refractivity contribution in [2.75, 3.05) is 0 Å². The number of aryl methyl sites for hydroxylation is 2. The molecule has 0 aromatic carbocycles. The van der Waals surface area contributed by atoms with Crippen LogP contribution in [0.2, 0.25) is 0 Å². The number of amides is 1. The van der Waals surface area contributed by atoms with Crippen LogP contribution in [-0.4, -0.2) is 15.5 Å². The van der Waals surface area contributed by atoms with Gasteiger partial charge in [-0.15, -0.1) is 11.3 Å². The van der Waals surface area contributed by atoms with Crippen LogP contribution in [0.1, 0.15) is 33.8 Å². The fraction of sp³-hybridized carbons (Fsp3) is 0.385. The molecule has 0 saturated heterocycles. The number of nitrogens with zero attached hydrogens (tertiary/aromatic N) is 2. The van der Waals surface area contributed by atoms with Gasteiger partial charge in [0.25, 0.3) is 5.91 Å². The number of aromatic nitrogens is 2. The third kappa shape index (κ3) is 2.61. The monoisotopic (exact) mass is 263 g/mol. The number of thiazole rings is 1. The topological polar surface area (TPSA) is 46.9 Å². The Morgan fingerprint density at radius 2 is 2.28 bits per heavy atom. The molecule has 96 valence electrons. The number of carbonyl (C=O) groups is 1. The van der Waals surface area contributed by atoms with Crippen molar-refractivity contribution >= 4 is 17.2 Å². The van der Waals surface area contributed by atoms with Gasteiger partial charge in [0, 0.05) is 18.1 Å². The molecule has 0 aliphatic carbocycles. The van der Waals surface area contributed by atoms with E-state index in [2.05, 4.69) is 17.2 Å². The third-order valence-electron chi connectivity index (χ3n) is 2.94. The average Bonchev–Trinajstić information content (AvgIpc) is 2.95. The van der Waals surface area contributed by atoms with Gasteiger partial charge < -0.3 is 9.88 Å². The predicted molar refractivity (Wildman–Crippen MR) is 72.8 cm³/mol. The van der Waals surface area contributed by atoms with E-state index in [1.807, 2.05) is 36.1 Å². The molecule has 5 heteroatoms. The molecule has 0 atom stereocenters. The van der Waals surface area contributed by atoms with Crippen molar-refractivity contribution in [3.05, 3.63) is 39.6 Å². The van der Waals surface area contributed by atoms with Crippen LogP contribution in [0.3, 0.4) is 0 Å². The highest BCUT2D eigenvalue weighted by molar-refractivity contribution is 7.09. The summed E-state index contributed by atoms with van der Waals surface area (Å²) < 4.78 is 1.88. The molecule has 0 spiro atoms. The van der Waals surface area contributed by atoms with E-state index < -0.39 is 0 Å². The first-order valence-electron chi connectivity index (χ1n) is 5.95. The minimum absolute atomic E-state index is 0.0587. The quantitative estimate of drug-likeness (QED) is 0.920. The largest absolute Gasteiger partial charge is 0.345 e. The SMILES string of the molecule is CCc1nc(CNC(=O)c2ccc(C)n2C)cs1. The Hall–Kier alpha value is -1.62. The van der Waals surface area contributed by atoms with Crippen LogP contribution in [0.25, 0.3) is 0 Å². The summed E-state index contributed by atoms with van der Waals surface area (Å²) in [4.78, 5) is 16.4. The summed E-state index contributed by atoms with van der Waals surface area (Å²) in [5.41, 5.74) is 2.68. The molecular weight excluding hydrogens is 246 g/mol. The van der Waals surface area contributed by atoms with E-state index in [0.717, 1.165) is 22.8 Å². The lowest BCUT2D eigenvalue weighted by Crippen LogP contribution is -2.25. The van der Waals surface area contributed by atoms with Crippen molar-refractivity contribution in [3.63, 3.8) is 0 Å². The van der Waals surface area contributed by atoms with E-state index in [1.54, 1.807) is 11.3 Å². The van der Waals surface area contributed by atoms with Gasteiger partial charge in [-0.05, 0) is 25.5 Å². The molecule has 0 saturated carbocycles. The summed E-state index contributed by atoms with van der Waals surface area (Å²) >= 11 is 1.64. The summed E-state index contributed by atoms with van der Waals surface area (Å²) in [6.07, 6.45) is 0.940. The summed E-state index contributed by atoms with van der Waals surface area (Å²) in [5, 5.41) is 5.99. The lowest BCUT2D eigenvalue weighted by atomic mass is 10.4. The van der Waals surface area contributed by atoms with Crippen LogP contribution in [0, 0.1) is 6.92 Å². The Morgan fingerprint density at radius 1 is 1.50 bits per heavy atom. The van der Waals surface area contributed by atoms with Crippen molar-refractivity contribution in [2.24, 2.45) is 7.05 Å². The summed E-state index contributed by atoms with van der Waals surface area (Å²) in [5.74, 6) is -0.0587. The molecule has 2 aromatic rings. The molecule has 2 aromatic heterocycles. The minimum atomic E-state index is -0.0587. The maximum atomic E-state index is 12.0. The van der Waals surface area contributed by atoms with Gasteiger partial charge in [0.15, 0.2) is 0 Å². The first kappa shape index (κ1) is 12.8. The number of hydrogen-bond donors (Lipinski definition) is 1. The lowest BCUT2D eigenvalue weighted by Gasteiger charge is -2.05. The summed E-state index contributed by atoms with van der Waals surface area (Å²) in [6.45, 7) is 4.54. The Morgan fingerprint density at radius 3 is 2.83 bits per heavy atom. The fourth-order valence-electron chi connectivity index (χ4n) is 1.70. The van der Waals surface area contributed by atoms with Crippen LogP contribution in [-0.2, 0) is 20.0 Å². The van der Waals surface area contributed by atoms with Crippen LogP contribution in [0.4, 0.5) is 0 Å². The Balaban J connectivity index is 1.98. The molecular formula is C13H17N3OS. The van der Waals surface area contributed by atoms with E-state index in [0.29, 0.717) is 12.2 Å². The van der Waals surface area contributed by atoms with Crippen molar-refractivity contribution in [2.45, 2.75) is 26.8 Å². The van der Waals surface area contributed by atoms with E-state index in [9.17, 15) is 4.79 Å². The first-order chi connectivity index (χ1) is 8.61. The second-order valence-electron chi connectivity index (χ2n) is 4.19. The smallest absolute Gasteiger partial charge is 0.268 e. The summed E-state index contributed by atoms with van der Waals surface area (Å²) in [6, 6.07) is 3.77. The van der Waals surface area contributed by atoms with Crippen LogP contribution < -0.4 is 5.32 Å². The van der Waals surface area contributed by atoms with Gasteiger partial charge in [0.1, 0.15) is 5.69 Å². The zero-order chi connectivity index (χ0) is 13.1. The highest BCUT2D eigenvalue weighted by Crippen LogP contribution is 2.10. The maximum absolute atomic E-state index is 12.0. The Kier molecular flexibility index (Phi) is 3.81. The van der Waals surface area contributed by atoms with Crippen molar-refractivity contribution in [3.8, 4) is 0 Å². The first-order valence-corrected chi connectivity index (χ1v) is 6.83. The molecule has 18 heavy (non-hydrogen) atoms. The number of rotatable bonds is 4. The highest BCUT2D eigenvalue weighted by atomic mass is 32.1. The molecule has 0 radical (unpaired) electrons. The van der Waals surface area contributed by atoms with Gasteiger partial charge in [0.2, 0.25) is 0 Å². The van der Waals surface area contributed by atoms with Crippen LogP contribution in [0.5, 0.6) is 0 Å². The summed E-state index contributed by atoms with van der Waals surface area (Å²) in [7, 11) is 1.89. The number of carbonyl (C=O) groups excluding carboxylic acids is 1. The number of nitrogens with one attached hydrogen (secondary N) is 1. The standard InChI is InChI=1S/C13H17N3OS/c1-4-12-15-10(8-18-12)7-14-13(17)11-6-5-9(2)16(11)3/h5-6,8H,4,7H2,1-3H3,(H,14,17). The molecule has 0 bridgehead atoms. The van der Waals surface area contributed by atoms with Crippen molar-refractivity contribution in [1.82, 2.24) is 14.9 Å². The van der Waals surface area contributed by atoms with Gasteiger partial charge in [-0.3, -0.25) is 4.79 Å².